The molecule has 3 aromatic rings. The van der Waals surface area contributed by atoms with E-state index in [9.17, 15) is 4.79 Å². The minimum atomic E-state index is -0.139. The van der Waals surface area contributed by atoms with E-state index < -0.39 is 0 Å². The van der Waals surface area contributed by atoms with Crippen molar-refractivity contribution in [3.63, 3.8) is 0 Å². The molecule has 96 valence electrons. The van der Waals surface area contributed by atoms with Crippen LogP contribution in [-0.2, 0) is 13.6 Å². The molecule has 0 atom stereocenters. The summed E-state index contributed by atoms with van der Waals surface area (Å²) < 4.78 is 3.13. The molecule has 2 aromatic heterocycles. The van der Waals surface area contributed by atoms with Crippen molar-refractivity contribution in [3.05, 3.63) is 57.9 Å². The Balaban J connectivity index is 2.15. The highest BCUT2D eigenvalue weighted by Gasteiger charge is 2.10. The zero-order valence-electron chi connectivity index (χ0n) is 10.2. The van der Waals surface area contributed by atoms with Gasteiger partial charge in [0, 0.05) is 18.8 Å². The molecule has 0 fully saturated rings. The Morgan fingerprint density at radius 3 is 2.84 bits per heavy atom. The van der Waals surface area contributed by atoms with Crippen LogP contribution in [0.1, 0.15) is 5.56 Å². The van der Waals surface area contributed by atoms with Crippen LogP contribution in [0.25, 0.3) is 10.9 Å². The number of aromatic nitrogens is 4. The average Bonchev–Trinajstić information content (AvgIpc) is 2.80. The van der Waals surface area contributed by atoms with E-state index in [-0.39, 0.29) is 10.8 Å². The number of benzene rings is 1. The first-order chi connectivity index (χ1) is 9.15. The molecule has 3 rings (SSSR count). The Morgan fingerprint density at radius 2 is 2.11 bits per heavy atom. The third-order valence-corrected chi connectivity index (χ3v) is 3.20. The van der Waals surface area contributed by atoms with Gasteiger partial charge in [-0.15, -0.1) is 0 Å². The Labute approximate surface area is 114 Å². The molecule has 0 N–H and O–H groups in total. The fourth-order valence-corrected chi connectivity index (χ4v) is 2.24. The average molecular weight is 275 g/mol. The summed E-state index contributed by atoms with van der Waals surface area (Å²) in [6.07, 6.45) is 3.55. The molecule has 0 spiro atoms. The first-order valence-electron chi connectivity index (χ1n) is 5.78. The summed E-state index contributed by atoms with van der Waals surface area (Å²) in [4.78, 5) is 16.6. The molecular weight excluding hydrogens is 264 g/mol. The molecule has 0 aliphatic rings. The van der Waals surface area contributed by atoms with Crippen molar-refractivity contribution in [1.29, 1.82) is 0 Å². The predicted octanol–water partition coefficient (Wildman–Crippen LogP) is 1.83. The molecule has 5 nitrogen and oxygen atoms in total. The topological polar surface area (TPSA) is 52.7 Å². The minimum absolute atomic E-state index is 0.139. The SMILES string of the molecule is Cn1cc(Cn2c(Cl)nc3ccccc3c2=O)cn1. The van der Waals surface area contributed by atoms with Gasteiger partial charge in [-0.3, -0.25) is 14.0 Å². The lowest BCUT2D eigenvalue weighted by Crippen LogP contribution is -2.22. The van der Waals surface area contributed by atoms with Gasteiger partial charge < -0.3 is 0 Å². The van der Waals surface area contributed by atoms with E-state index in [0.717, 1.165) is 5.56 Å². The van der Waals surface area contributed by atoms with E-state index in [1.807, 2.05) is 25.4 Å². The van der Waals surface area contributed by atoms with Crippen LogP contribution in [0.15, 0.2) is 41.5 Å². The van der Waals surface area contributed by atoms with Crippen molar-refractivity contribution in [2.45, 2.75) is 6.54 Å². The van der Waals surface area contributed by atoms with Gasteiger partial charge in [0.25, 0.3) is 5.56 Å². The van der Waals surface area contributed by atoms with Gasteiger partial charge in [0.15, 0.2) is 0 Å². The van der Waals surface area contributed by atoms with Crippen molar-refractivity contribution < 1.29 is 0 Å². The number of nitrogens with zero attached hydrogens (tertiary/aromatic N) is 4. The maximum Gasteiger partial charge on any atom is 0.262 e. The van der Waals surface area contributed by atoms with Crippen LogP contribution in [0.4, 0.5) is 0 Å². The Kier molecular flexibility index (Phi) is 2.83. The summed E-state index contributed by atoms with van der Waals surface area (Å²) in [5.74, 6) is 0. The third-order valence-electron chi connectivity index (χ3n) is 2.91. The maximum absolute atomic E-state index is 12.4. The number of para-hydroxylation sites is 1. The largest absolute Gasteiger partial charge is 0.278 e. The summed E-state index contributed by atoms with van der Waals surface area (Å²) in [5, 5.41) is 4.83. The molecule has 6 heteroatoms. The van der Waals surface area contributed by atoms with Crippen molar-refractivity contribution in [2.24, 2.45) is 7.05 Å². The van der Waals surface area contributed by atoms with Gasteiger partial charge >= 0.3 is 0 Å². The first-order valence-corrected chi connectivity index (χ1v) is 6.15. The molecule has 0 saturated heterocycles. The lowest BCUT2D eigenvalue weighted by molar-refractivity contribution is 0.743. The van der Waals surface area contributed by atoms with Crippen molar-refractivity contribution in [3.8, 4) is 0 Å². The van der Waals surface area contributed by atoms with Crippen molar-refractivity contribution >= 4 is 22.5 Å². The molecule has 0 unspecified atom stereocenters. The Morgan fingerprint density at radius 1 is 1.32 bits per heavy atom. The normalized spacial score (nSPS) is 11.1. The highest BCUT2D eigenvalue weighted by Crippen LogP contribution is 2.12. The summed E-state index contributed by atoms with van der Waals surface area (Å²) in [5.41, 5.74) is 1.38. The zero-order chi connectivity index (χ0) is 13.4. The molecule has 2 heterocycles. The number of hydrogen-bond acceptors (Lipinski definition) is 3. The standard InChI is InChI=1S/C13H11ClN4O/c1-17-7-9(6-15-17)8-18-12(19)10-4-2-3-5-11(10)16-13(18)14/h2-7H,8H2,1H3. The molecule has 0 bridgehead atoms. The summed E-state index contributed by atoms with van der Waals surface area (Å²) in [7, 11) is 1.83. The van der Waals surface area contributed by atoms with Crippen LogP contribution in [0.3, 0.4) is 0 Å². The number of rotatable bonds is 2. The first kappa shape index (κ1) is 11.9. The van der Waals surface area contributed by atoms with Gasteiger partial charge in [-0.1, -0.05) is 12.1 Å². The molecule has 0 aliphatic heterocycles. The Hall–Kier alpha value is -2.14. The summed E-state index contributed by atoms with van der Waals surface area (Å²) in [6, 6.07) is 7.17. The second-order valence-corrected chi connectivity index (χ2v) is 4.65. The van der Waals surface area contributed by atoms with Crippen LogP contribution in [-0.4, -0.2) is 19.3 Å². The van der Waals surface area contributed by atoms with Crippen LogP contribution in [0.2, 0.25) is 5.28 Å². The third kappa shape index (κ3) is 2.13. The summed E-state index contributed by atoms with van der Waals surface area (Å²) >= 11 is 6.09. The Bertz CT molecular complexity index is 806. The van der Waals surface area contributed by atoms with E-state index in [2.05, 4.69) is 10.1 Å². The number of halogens is 1. The lowest BCUT2D eigenvalue weighted by atomic mass is 10.2. The highest BCUT2D eigenvalue weighted by atomic mass is 35.5. The van der Waals surface area contributed by atoms with Crippen LogP contribution >= 0.6 is 11.6 Å². The number of hydrogen-bond donors (Lipinski definition) is 0. The van der Waals surface area contributed by atoms with Gasteiger partial charge in [-0.05, 0) is 23.7 Å². The highest BCUT2D eigenvalue weighted by molar-refractivity contribution is 6.28. The summed E-state index contributed by atoms with van der Waals surface area (Å²) in [6.45, 7) is 0.364. The van der Waals surface area contributed by atoms with E-state index in [0.29, 0.717) is 17.4 Å². The smallest absolute Gasteiger partial charge is 0.262 e. The van der Waals surface area contributed by atoms with Gasteiger partial charge in [0.05, 0.1) is 23.6 Å². The zero-order valence-corrected chi connectivity index (χ0v) is 11.0. The number of aryl methyl sites for hydroxylation is 1. The molecule has 19 heavy (non-hydrogen) atoms. The second-order valence-electron chi connectivity index (χ2n) is 4.31. The van der Waals surface area contributed by atoms with Crippen molar-refractivity contribution in [2.75, 3.05) is 0 Å². The number of fused-ring (bicyclic) bond motifs is 1. The maximum atomic E-state index is 12.4. The van der Waals surface area contributed by atoms with Crippen LogP contribution in [0, 0.1) is 0 Å². The predicted molar refractivity (Wildman–Crippen MR) is 73.3 cm³/mol. The van der Waals surface area contributed by atoms with Crippen molar-refractivity contribution in [1.82, 2.24) is 19.3 Å². The fourth-order valence-electron chi connectivity index (χ4n) is 2.01. The van der Waals surface area contributed by atoms with Gasteiger partial charge in [-0.2, -0.15) is 5.10 Å². The van der Waals surface area contributed by atoms with E-state index in [4.69, 9.17) is 11.6 Å². The molecule has 0 radical (unpaired) electrons. The van der Waals surface area contributed by atoms with E-state index in [1.54, 1.807) is 23.0 Å². The minimum Gasteiger partial charge on any atom is -0.278 e. The van der Waals surface area contributed by atoms with Gasteiger partial charge in [-0.25, -0.2) is 4.98 Å². The molecule has 1 aromatic carbocycles. The molecular formula is C13H11ClN4O. The molecule has 0 aliphatic carbocycles. The lowest BCUT2D eigenvalue weighted by Gasteiger charge is -2.07. The molecule has 0 amide bonds. The quantitative estimate of drug-likeness (QED) is 0.670. The van der Waals surface area contributed by atoms with Gasteiger partial charge in [0.2, 0.25) is 5.28 Å². The van der Waals surface area contributed by atoms with Crippen LogP contribution in [0.5, 0.6) is 0 Å². The monoisotopic (exact) mass is 274 g/mol. The van der Waals surface area contributed by atoms with Crippen LogP contribution < -0.4 is 5.56 Å². The fraction of sp³-hybridized carbons (Fsp3) is 0.154. The molecule has 0 saturated carbocycles. The van der Waals surface area contributed by atoms with E-state index >= 15 is 0 Å². The van der Waals surface area contributed by atoms with E-state index in [1.165, 1.54) is 4.57 Å². The van der Waals surface area contributed by atoms with Gasteiger partial charge in [0.1, 0.15) is 0 Å². The second kappa shape index (κ2) is 4.51.